The van der Waals surface area contributed by atoms with Crippen molar-refractivity contribution in [2.75, 3.05) is 4.72 Å². The van der Waals surface area contributed by atoms with Crippen molar-refractivity contribution in [1.82, 2.24) is 0 Å². The largest absolute Gasteiger partial charge is 0.755 e. The zero-order valence-electron chi connectivity index (χ0n) is 8.83. The van der Waals surface area contributed by atoms with E-state index < -0.39 is 11.3 Å². The quantitative estimate of drug-likeness (QED) is 0.846. The summed E-state index contributed by atoms with van der Waals surface area (Å²) in [6.45, 7) is 0. The molecule has 0 aliphatic carbocycles. The van der Waals surface area contributed by atoms with E-state index in [1.54, 1.807) is 36.4 Å². The van der Waals surface area contributed by atoms with Crippen LogP contribution in [0.15, 0.2) is 54.6 Å². The van der Waals surface area contributed by atoms with Gasteiger partial charge in [-0.15, -0.1) is 0 Å². The topological polar surface area (TPSA) is 61.4 Å². The fourth-order valence-electron chi connectivity index (χ4n) is 1.35. The number of hydrogen-bond donors (Lipinski definition) is 1. The first-order valence-corrected chi connectivity index (χ1v) is 6.01. The average Bonchev–Trinajstić information content (AvgIpc) is 2.32. The molecule has 1 N–H and O–H groups in total. The predicted molar refractivity (Wildman–Crippen MR) is 65.5 cm³/mol. The Labute approximate surface area is 102 Å². The molecule has 17 heavy (non-hydrogen) atoms. The Morgan fingerprint density at radius 2 is 1.65 bits per heavy atom. The first kappa shape index (κ1) is 11.6. The Kier molecular flexibility index (Phi) is 3.74. The number of nitrogens with one attached hydrogen (secondary N) is 1. The zero-order chi connectivity index (χ0) is 12.1. The third-order valence-electron chi connectivity index (χ3n) is 2.05. The van der Waals surface area contributed by atoms with Crippen LogP contribution in [0.25, 0.3) is 0 Å². The maximum atomic E-state index is 10.6. The van der Waals surface area contributed by atoms with Gasteiger partial charge < -0.3 is 14.0 Å². The fraction of sp³-hybridized carbons (Fsp3) is 0. The summed E-state index contributed by atoms with van der Waals surface area (Å²) in [5.41, 5.74) is 0.407. The second-order valence-electron chi connectivity index (χ2n) is 3.25. The first-order valence-electron chi connectivity index (χ1n) is 4.93. The number of para-hydroxylation sites is 3. The zero-order valence-corrected chi connectivity index (χ0v) is 9.65. The number of benzene rings is 2. The molecule has 2 rings (SSSR count). The molecule has 2 aromatic rings. The third-order valence-corrected chi connectivity index (χ3v) is 2.44. The van der Waals surface area contributed by atoms with Crippen molar-refractivity contribution in [3.63, 3.8) is 0 Å². The van der Waals surface area contributed by atoms with Crippen LogP contribution in [0.1, 0.15) is 0 Å². The van der Waals surface area contributed by atoms with Gasteiger partial charge in [-0.25, -0.2) is 0 Å². The van der Waals surface area contributed by atoms with Crippen molar-refractivity contribution in [2.24, 2.45) is 0 Å². The molecule has 88 valence electrons. The number of hydrogen-bond acceptors (Lipinski definition) is 3. The van der Waals surface area contributed by atoms with Gasteiger partial charge in [0.05, 0.1) is 5.69 Å². The van der Waals surface area contributed by atoms with E-state index >= 15 is 0 Å². The molecule has 1 unspecified atom stereocenters. The van der Waals surface area contributed by atoms with Crippen LogP contribution in [0, 0.1) is 0 Å². The highest BCUT2D eigenvalue weighted by Crippen LogP contribution is 2.29. The molecular weight excluding hydrogens is 238 g/mol. The molecule has 0 saturated heterocycles. The van der Waals surface area contributed by atoms with Crippen molar-refractivity contribution in [3.05, 3.63) is 54.6 Å². The van der Waals surface area contributed by atoms with E-state index in [0.717, 1.165) is 0 Å². The van der Waals surface area contributed by atoms with E-state index in [4.69, 9.17) is 4.74 Å². The summed E-state index contributed by atoms with van der Waals surface area (Å²) in [6.07, 6.45) is 0. The lowest BCUT2D eigenvalue weighted by Gasteiger charge is -2.13. The van der Waals surface area contributed by atoms with Crippen molar-refractivity contribution in [2.45, 2.75) is 0 Å². The van der Waals surface area contributed by atoms with Crippen molar-refractivity contribution in [1.29, 1.82) is 0 Å². The highest BCUT2D eigenvalue weighted by Gasteiger charge is 2.03. The van der Waals surface area contributed by atoms with Gasteiger partial charge in [-0.3, -0.25) is 4.21 Å². The van der Waals surface area contributed by atoms with Gasteiger partial charge in [-0.1, -0.05) is 30.3 Å². The molecule has 0 bridgehead atoms. The van der Waals surface area contributed by atoms with Crippen molar-refractivity contribution in [3.8, 4) is 11.5 Å². The first-order chi connectivity index (χ1) is 8.25. The van der Waals surface area contributed by atoms with Crippen LogP contribution in [0.5, 0.6) is 11.5 Å². The summed E-state index contributed by atoms with van der Waals surface area (Å²) in [5, 5.41) is 0. The van der Waals surface area contributed by atoms with Gasteiger partial charge in [0, 0.05) is 11.3 Å². The lowest BCUT2D eigenvalue weighted by atomic mass is 10.3. The number of anilines is 1. The number of rotatable bonds is 4. The third kappa shape index (κ3) is 3.30. The van der Waals surface area contributed by atoms with E-state index in [0.29, 0.717) is 17.2 Å². The summed E-state index contributed by atoms with van der Waals surface area (Å²) < 4.78 is 29.1. The SMILES string of the molecule is O=S([O-])Nc1ccccc1Oc1ccccc1. The molecule has 0 saturated carbocycles. The van der Waals surface area contributed by atoms with Crippen LogP contribution >= 0.6 is 0 Å². The molecule has 1 atom stereocenters. The minimum absolute atomic E-state index is 0.407. The molecule has 2 aromatic carbocycles. The predicted octanol–water partition coefficient (Wildman–Crippen LogP) is 2.68. The lowest BCUT2D eigenvalue weighted by molar-refractivity contribution is 0.484. The number of ether oxygens (including phenoxy) is 1. The van der Waals surface area contributed by atoms with Gasteiger partial charge in [-0.05, 0) is 24.3 Å². The summed E-state index contributed by atoms with van der Waals surface area (Å²) in [7, 11) is 0. The van der Waals surface area contributed by atoms with Crippen LogP contribution in [0.2, 0.25) is 0 Å². The molecule has 0 spiro atoms. The Hall–Kier alpha value is -1.85. The Morgan fingerprint density at radius 3 is 2.35 bits per heavy atom. The van der Waals surface area contributed by atoms with Crippen LogP contribution in [0.4, 0.5) is 5.69 Å². The minimum atomic E-state index is -2.36. The Bertz CT molecular complexity index is 516. The summed E-state index contributed by atoms with van der Waals surface area (Å²) >= 11 is -2.36. The van der Waals surface area contributed by atoms with E-state index in [-0.39, 0.29) is 0 Å². The van der Waals surface area contributed by atoms with Gasteiger partial charge in [0.1, 0.15) is 5.75 Å². The second kappa shape index (κ2) is 5.47. The van der Waals surface area contributed by atoms with E-state index in [1.807, 2.05) is 18.2 Å². The molecule has 5 heteroatoms. The Morgan fingerprint density at radius 1 is 1.00 bits per heavy atom. The van der Waals surface area contributed by atoms with Gasteiger partial charge in [0.15, 0.2) is 5.75 Å². The molecule has 4 nitrogen and oxygen atoms in total. The molecule has 0 aromatic heterocycles. The molecule has 0 radical (unpaired) electrons. The van der Waals surface area contributed by atoms with Crippen LogP contribution in [-0.2, 0) is 11.3 Å². The van der Waals surface area contributed by atoms with Crippen LogP contribution < -0.4 is 9.46 Å². The van der Waals surface area contributed by atoms with Gasteiger partial charge in [-0.2, -0.15) is 0 Å². The summed E-state index contributed by atoms with van der Waals surface area (Å²) in [4.78, 5) is 0. The highest BCUT2D eigenvalue weighted by molar-refractivity contribution is 7.80. The summed E-state index contributed by atoms with van der Waals surface area (Å²) in [6, 6.07) is 16.0. The molecule has 0 aliphatic rings. The molecular formula is C12H10NO3S-. The fourth-order valence-corrected chi connectivity index (χ4v) is 1.69. The highest BCUT2D eigenvalue weighted by atomic mass is 32.2. The van der Waals surface area contributed by atoms with Gasteiger partial charge in [0.2, 0.25) is 0 Å². The molecule has 0 heterocycles. The maximum absolute atomic E-state index is 10.6. The smallest absolute Gasteiger partial charge is 0.151 e. The lowest BCUT2D eigenvalue weighted by Crippen LogP contribution is -2.03. The molecule has 0 amide bonds. The monoisotopic (exact) mass is 248 g/mol. The summed E-state index contributed by atoms with van der Waals surface area (Å²) in [5.74, 6) is 1.11. The van der Waals surface area contributed by atoms with Crippen molar-refractivity contribution < 1.29 is 13.5 Å². The van der Waals surface area contributed by atoms with E-state index in [2.05, 4.69) is 4.72 Å². The minimum Gasteiger partial charge on any atom is -0.755 e. The molecule has 0 aliphatic heterocycles. The van der Waals surface area contributed by atoms with Crippen LogP contribution in [-0.4, -0.2) is 8.76 Å². The normalized spacial score (nSPS) is 11.8. The Balaban J connectivity index is 2.23. The van der Waals surface area contributed by atoms with Gasteiger partial charge in [0.25, 0.3) is 0 Å². The van der Waals surface area contributed by atoms with Crippen LogP contribution in [0.3, 0.4) is 0 Å². The van der Waals surface area contributed by atoms with Crippen molar-refractivity contribution >= 4 is 17.0 Å². The standard InChI is InChI=1S/C12H11NO3S/c14-17(15)13-11-8-4-5-9-12(11)16-10-6-2-1-3-7-10/h1-9,13H,(H,14,15)/p-1. The second-order valence-corrected chi connectivity index (χ2v) is 3.92. The van der Waals surface area contributed by atoms with E-state index in [1.165, 1.54) is 0 Å². The average molecular weight is 248 g/mol. The maximum Gasteiger partial charge on any atom is 0.151 e. The molecule has 0 fully saturated rings. The van der Waals surface area contributed by atoms with E-state index in [9.17, 15) is 8.76 Å². The van der Waals surface area contributed by atoms with Gasteiger partial charge >= 0.3 is 0 Å².